The van der Waals surface area contributed by atoms with Gasteiger partial charge in [-0.3, -0.25) is 18.7 Å². The molecule has 6 aromatic rings. The van der Waals surface area contributed by atoms with Crippen LogP contribution < -0.4 is 20.6 Å². The maximum Gasteiger partial charge on any atom is 0.416 e. The molecule has 0 saturated carbocycles. The summed E-state index contributed by atoms with van der Waals surface area (Å²) in [5.41, 5.74) is 1.08. The van der Waals surface area contributed by atoms with Gasteiger partial charge in [-0.15, -0.1) is 0 Å². The second-order valence-corrected chi connectivity index (χ2v) is 11.6. The van der Waals surface area contributed by atoms with Gasteiger partial charge in [0.1, 0.15) is 17.3 Å². The first kappa shape index (κ1) is 31.4. The Hall–Kier alpha value is -5.23. The lowest BCUT2D eigenvalue weighted by atomic mass is 10.1. The molecule has 0 N–H and O–H groups in total. The van der Waals surface area contributed by atoms with Gasteiger partial charge in [-0.25, -0.2) is 14.4 Å². The van der Waals surface area contributed by atoms with E-state index >= 15 is 0 Å². The van der Waals surface area contributed by atoms with Crippen molar-refractivity contribution in [2.75, 3.05) is 13.2 Å². The summed E-state index contributed by atoms with van der Waals surface area (Å²) in [7, 11) is 0. The van der Waals surface area contributed by atoms with E-state index in [-0.39, 0.29) is 27.5 Å². The summed E-state index contributed by atoms with van der Waals surface area (Å²) in [4.78, 5) is 34.4. The van der Waals surface area contributed by atoms with E-state index in [1.54, 1.807) is 24.4 Å². The normalized spacial score (nSPS) is 13.9. The summed E-state index contributed by atoms with van der Waals surface area (Å²) in [5.74, 6) is 0.568. The predicted octanol–water partition coefficient (Wildman–Crippen LogP) is 7.23. The molecular weight excluding hydrogens is 652 g/mol. The average Bonchev–Trinajstić information content (AvgIpc) is 3.10. The van der Waals surface area contributed by atoms with E-state index in [2.05, 4.69) is 9.97 Å². The van der Waals surface area contributed by atoms with Gasteiger partial charge in [0.15, 0.2) is 11.3 Å². The van der Waals surface area contributed by atoms with E-state index in [0.717, 1.165) is 23.9 Å². The number of alkyl halides is 3. The van der Waals surface area contributed by atoms with E-state index in [1.807, 2.05) is 6.07 Å². The van der Waals surface area contributed by atoms with Crippen LogP contribution in [0.3, 0.4) is 0 Å². The van der Waals surface area contributed by atoms with Crippen LogP contribution in [0, 0.1) is 5.82 Å². The fourth-order valence-electron chi connectivity index (χ4n) is 6.03. The van der Waals surface area contributed by atoms with Gasteiger partial charge >= 0.3 is 6.18 Å². The van der Waals surface area contributed by atoms with Crippen molar-refractivity contribution in [1.82, 2.24) is 19.1 Å². The van der Waals surface area contributed by atoms with Crippen molar-refractivity contribution in [2.45, 2.75) is 31.9 Å². The van der Waals surface area contributed by atoms with Gasteiger partial charge in [0, 0.05) is 12.4 Å². The Kier molecular flexibility index (Phi) is 8.12. The molecule has 2 aliphatic rings. The van der Waals surface area contributed by atoms with E-state index in [9.17, 15) is 27.2 Å². The van der Waals surface area contributed by atoms with Crippen LogP contribution in [0.25, 0.3) is 33.4 Å². The molecule has 2 aliphatic heterocycles. The van der Waals surface area contributed by atoms with E-state index < -0.39 is 17.6 Å². The molecule has 244 valence electrons. The number of pyridine rings is 4. The highest BCUT2D eigenvalue weighted by atomic mass is 35.5. The molecule has 2 aromatic carbocycles. The van der Waals surface area contributed by atoms with E-state index in [0.29, 0.717) is 71.8 Å². The topological polar surface area (TPSA) is 88.2 Å². The van der Waals surface area contributed by atoms with Crippen LogP contribution >= 0.6 is 11.6 Å². The van der Waals surface area contributed by atoms with Crippen LogP contribution in [0.2, 0.25) is 5.02 Å². The third-order valence-electron chi connectivity index (χ3n) is 8.18. The van der Waals surface area contributed by atoms with Gasteiger partial charge in [0.25, 0.3) is 11.1 Å². The molecule has 0 spiro atoms. The number of fused-ring (bicyclic) bond motifs is 6. The molecule has 8 nitrogen and oxygen atoms in total. The molecule has 8 rings (SSSR count). The summed E-state index contributed by atoms with van der Waals surface area (Å²) < 4.78 is 66.7. The third kappa shape index (κ3) is 5.55. The minimum atomic E-state index is -4.49. The second-order valence-electron chi connectivity index (χ2n) is 11.2. The molecule has 0 saturated heterocycles. The van der Waals surface area contributed by atoms with Crippen molar-refractivity contribution in [2.24, 2.45) is 0 Å². The van der Waals surface area contributed by atoms with Crippen molar-refractivity contribution in [3.8, 4) is 22.9 Å². The molecule has 48 heavy (non-hydrogen) atoms. The van der Waals surface area contributed by atoms with Crippen molar-refractivity contribution < 1.29 is 27.0 Å². The fraction of sp³-hybridized carbons (Fsp3) is 0.200. The van der Waals surface area contributed by atoms with Gasteiger partial charge in [-0.1, -0.05) is 17.7 Å². The van der Waals surface area contributed by atoms with Crippen LogP contribution in [-0.4, -0.2) is 32.3 Å². The highest BCUT2D eigenvalue weighted by Gasteiger charge is 2.31. The van der Waals surface area contributed by atoms with Crippen LogP contribution in [0.5, 0.6) is 11.5 Å². The highest BCUT2D eigenvalue weighted by Crippen LogP contribution is 2.34. The van der Waals surface area contributed by atoms with E-state index in [4.69, 9.17) is 21.1 Å². The van der Waals surface area contributed by atoms with Crippen LogP contribution in [-0.2, 0) is 19.0 Å². The van der Waals surface area contributed by atoms with Gasteiger partial charge in [0.2, 0.25) is 0 Å². The molecule has 0 atom stereocenters. The molecule has 0 aliphatic carbocycles. The third-order valence-corrected chi connectivity index (χ3v) is 8.47. The Labute approximate surface area is 274 Å². The van der Waals surface area contributed by atoms with Gasteiger partial charge < -0.3 is 9.47 Å². The average molecular weight is 677 g/mol. The summed E-state index contributed by atoms with van der Waals surface area (Å²) in [6.45, 7) is 1.09. The maximum atomic E-state index is 13.4. The van der Waals surface area contributed by atoms with Crippen LogP contribution in [0.1, 0.15) is 29.5 Å². The molecule has 0 unspecified atom stereocenters. The van der Waals surface area contributed by atoms with Crippen LogP contribution in [0.4, 0.5) is 17.6 Å². The Morgan fingerprint density at radius 3 is 1.77 bits per heavy atom. The number of ether oxygens (including phenoxy) is 2. The lowest BCUT2D eigenvalue weighted by Gasteiger charge is -2.21. The Bertz CT molecular complexity index is 2340. The Morgan fingerprint density at radius 1 is 0.708 bits per heavy atom. The fourth-order valence-corrected chi connectivity index (χ4v) is 6.20. The first-order valence-corrected chi connectivity index (χ1v) is 15.4. The van der Waals surface area contributed by atoms with Crippen molar-refractivity contribution in [3.63, 3.8) is 0 Å². The highest BCUT2D eigenvalue weighted by molar-refractivity contribution is 6.30. The quantitative estimate of drug-likeness (QED) is 0.180. The SMILES string of the molecule is O=c1c2c(c3cccnc3n1-c1ccc(F)c(Cl)c1)OCCC2.O=c1c2c(c3cccnc3n1-c1cccc(C(F)(F)F)c1)OCCC2. The van der Waals surface area contributed by atoms with Gasteiger partial charge in [-0.2, -0.15) is 13.2 Å². The summed E-state index contributed by atoms with van der Waals surface area (Å²) in [6, 6.07) is 16.0. The molecule has 0 radical (unpaired) electrons. The van der Waals surface area contributed by atoms with Gasteiger partial charge in [-0.05, 0) is 86.3 Å². The Balaban J connectivity index is 0.000000152. The Morgan fingerprint density at radius 2 is 1.25 bits per heavy atom. The van der Waals surface area contributed by atoms with Crippen molar-refractivity contribution in [1.29, 1.82) is 0 Å². The number of rotatable bonds is 2. The predicted molar refractivity (Wildman–Crippen MR) is 172 cm³/mol. The number of aromatic nitrogens is 4. The minimum absolute atomic E-state index is 0.0348. The summed E-state index contributed by atoms with van der Waals surface area (Å²) >= 11 is 5.88. The second kappa shape index (κ2) is 12.4. The van der Waals surface area contributed by atoms with Gasteiger partial charge in [0.05, 0.1) is 57.1 Å². The van der Waals surface area contributed by atoms with Crippen molar-refractivity contribution >= 4 is 33.7 Å². The molecular formula is C35H25ClF4N4O4. The molecule has 4 aromatic heterocycles. The minimum Gasteiger partial charge on any atom is -0.492 e. The zero-order chi connectivity index (χ0) is 33.6. The maximum absolute atomic E-state index is 13.4. The molecule has 13 heteroatoms. The number of nitrogens with zero attached hydrogens (tertiary/aromatic N) is 4. The first-order valence-electron chi connectivity index (χ1n) is 15.1. The molecule has 0 bridgehead atoms. The largest absolute Gasteiger partial charge is 0.492 e. The molecule has 0 amide bonds. The lowest BCUT2D eigenvalue weighted by molar-refractivity contribution is -0.137. The van der Waals surface area contributed by atoms with E-state index in [1.165, 1.54) is 45.7 Å². The van der Waals surface area contributed by atoms with Crippen LogP contribution in [0.15, 0.2) is 88.7 Å². The zero-order valence-corrected chi connectivity index (χ0v) is 25.8. The zero-order valence-electron chi connectivity index (χ0n) is 25.1. The lowest BCUT2D eigenvalue weighted by Crippen LogP contribution is -2.27. The monoisotopic (exact) mass is 676 g/mol. The smallest absolute Gasteiger partial charge is 0.416 e. The number of benzene rings is 2. The molecule has 6 heterocycles. The number of halogens is 5. The van der Waals surface area contributed by atoms with Crippen molar-refractivity contribution in [3.05, 3.63) is 127 Å². The summed E-state index contributed by atoms with van der Waals surface area (Å²) in [6.07, 6.45) is 1.28. The summed E-state index contributed by atoms with van der Waals surface area (Å²) in [5, 5.41) is 1.35. The number of hydrogen-bond acceptors (Lipinski definition) is 6. The standard InChI is InChI=1S/C18H13F3N2O2.C17H12ClFN2O2/c19-18(20,21)11-4-1-5-12(10-11)23-16-13(6-2-8-22-16)15-14(17(23)24)7-3-9-25-15;18-13-9-10(5-6-14(13)19)21-16-11(3-1-7-20-16)15-12(17(21)22)4-2-8-23-15/h1-2,4-6,8,10H,3,7,9H2;1,3,5-7,9H,2,4,8H2. The molecule has 0 fully saturated rings. The number of hydrogen-bond donors (Lipinski definition) is 0. The first-order chi connectivity index (χ1) is 23.1.